The van der Waals surface area contributed by atoms with Crippen molar-refractivity contribution in [2.24, 2.45) is 0 Å². The van der Waals surface area contributed by atoms with Gasteiger partial charge < -0.3 is 10.4 Å². The number of rotatable bonds is 4. The summed E-state index contributed by atoms with van der Waals surface area (Å²) in [4.78, 5) is 0.283. The van der Waals surface area contributed by atoms with Gasteiger partial charge in [-0.25, -0.2) is 8.42 Å². The molecule has 18 heavy (non-hydrogen) atoms. The molecule has 1 aliphatic rings. The Hall–Kier alpha value is -0.910. The van der Waals surface area contributed by atoms with Crippen molar-refractivity contribution >= 4 is 9.84 Å². The number of nitrogens with one attached hydrogen (secondary N) is 1. The van der Waals surface area contributed by atoms with Crippen LogP contribution in [-0.2, 0) is 9.84 Å². The number of sulfone groups is 1. The maximum absolute atomic E-state index is 12.1. The molecule has 2 rings (SSSR count). The third-order valence-corrected chi connectivity index (χ3v) is 5.10. The number of hydrogen-bond donors (Lipinski definition) is 2. The highest BCUT2D eigenvalue weighted by atomic mass is 32.2. The van der Waals surface area contributed by atoms with E-state index in [0.717, 1.165) is 24.9 Å². The van der Waals surface area contributed by atoms with E-state index < -0.39 is 15.9 Å². The van der Waals surface area contributed by atoms with Gasteiger partial charge in [0.15, 0.2) is 9.84 Å². The van der Waals surface area contributed by atoms with Crippen molar-refractivity contribution in [1.29, 1.82) is 0 Å². The first-order chi connectivity index (χ1) is 8.49. The molecular formula is C13H19NO3S. The number of hydrogen-bond acceptors (Lipinski definition) is 4. The molecule has 1 unspecified atom stereocenters. The summed E-state index contributed by atoms with van der Waals surface area (Å²) in [5.74, 6) is -0.215. The lowest BCUT2D eigenvalue weighted by Crippen LogP contribution is -2.39. The monoisotopic (exact) mass is 269 g/mol. The first-order valence-corrected chi connectivity index (χ1v) is 7.85. The van der Waals surface area contributed by atoms with Crippen LogP contribution in [0.5, 0.6) is 0 Å². The smallest absolute Gasteiger partial charge is 0.180 e. The van der Waals surface area contributed by atoms with Crippen LogP contribution in [0.2, 0.25) is 0 Å². The van der Waals surface area contributed by atoms with Gasteiger partial charge >= 0.3 is 0 Å². The Morgan fingerprint density at radius 3 is 2.61 bits per heavy atom. The summed E-state index contributed by atoms with van der Waals surface area (Å²) in [6.07, 6.45) is 0.996. The van der Waals surface area contributed by atoms with Gasteiger partial charge in [-0.15, -0.1) is 0 Å². The van der Waals surface area contributed by atoms with Crippen LogP contribution < -0.4 is 5.32 Å². The standard InChI is InChI=1S/C13H19NO3S/c1-10-4-6-11(7-5-10)18(16,17)9-13(15)12-3-2-8-14-12/h4-7,12-15H,2-3,8-9H2,1H3/t12-,13?/m0/s1. The molecule has 1 heterocycles. The van der Waals surface area contributed by atoms with E-state index in [1.165, 1.54) is 0 Å². The molecule has 0 saturated carbocycles. The molecule has 4 nitrogen and oxygen atoms in total. The van der Waals surface area contributed by atoms with Crippen LogP contribution in [-0.4, -0.2) is 38.0 Å². The first kappa shape index (κ1) is 13.5. The summed E-state index contributed by atoms with van der Waals surface area (Å²) < 4.78 is 24.2. The number of aliphatic hydroxyl groups is 1. The van der Waals surface area contributed by atoms with Gasteiger partial charge in [-0.3, -0.25) is 0 Å². The van der Waals surface area contributed by atoms with Crippen LogP contribution >= 0.6 is 0 Å². The molecule has 2 N–H and O–H groups in total. The maximum atomic E-state index is 12.1. The van der Waals surface area contributed by atoms with Crippen LogP contribution in [0.15, 0.2) is 29.2 Å². The lowest BCUT2D eigenvalue weighted by molar-refractivity contribution is 0.157. The van der Waals surface area contributed by atoms with Gasteiger partial charge in [-0.1, -0.05) is 17.7 Å². The fourth-order valence-corrected chi connectivity index (χ4v) is 3.65. The van der Waals surface area contributed by atoms with E-state index in [2.05, 4.69) is 5.32 Å². The van der Waals surface area contributed by atoms with Gasteiger partial charge in [-0.05, 0) is 38.4 Å². The summed E-state index contributed by atoms with van der Waals surface area (Å²) in [7, 11) is -3.40. The minimum atomic E-state index is -3.40. The lowest BCUT2D eigenvalue weighted by atomic mass is 10.1. The van der Waals surface area contributed by atoms with Crippen LogP contribution in [0.1, 0.15) is 18.4 Å². The predicted molar refractivity (Wildman–Crippen MR) is 70.3 cm³/mol. The van der Waals surface area contributed by atoms with E-state index in [9.17, 15) is 13.5 Å². The van der Waals surface area contributed by atoms with Gasteiger partial charge in [0.1, 0.15) is 0 Å². The van der Waals surface area contributed by atoms with E-state index in [4.69, 9.17) is 0 Å². The normalized spacial score (nSPS) is 22.0. The van der Waals surface area contributed by atoms with Crippen molar-refractivity contribution in [2.75, 3.05) is 12.3 Å². The van der Waals surface area contributed by atoms with Crippen molar-refractivity contribution in [3.05, 3.63) is 29.8 Å². The molecule has 0 aliphatic carbocycles. The summed E-state index contributed by atoms with van der Waals surface area (Å²) in [5.41, 5.74) is 1.02. The van der Waals surface area contributed by atoms with Crippen LogP contribution in [0.25, 0.3) is 0 Å². The second kappa shape index (κ2) is 5.38. The molecule has 0 spiro atoms. The molecule has 1 saturated heterocycles. The zero-order valence-corrected chi connectivity index (χ0v) is 11.3. The van der Waals surface area contributed by atoms with Crippen molar-refractivity contribution in [3.63, 3.8) is 0 Å². The Kier molecular flexibility index (Phi) is 4.04. The maximum Gasteiger partial charge on any atom is 0.180 e. The highest BCUT2D eigenvalue weighted by Gasteiger charge is 2.28. The summed E-state index contributed by atoms with van der Waals surface area (Å²) >= 11 is 0. The SMILES string of the molecule is Cc1ccc(S(=O)(=O)CC(O)[C@@H]2CCCN2)cc1. The fourth-order valence-electron chi connectivity index (χ4n) is 2.22. The summed E-state index contributed by atoms with van der Waals surface area (Å²) in [6, 6.07) is 6.64. The third kappa shape index (κ3) is 3.10. The van der Waals surface area contributed by atoms with E-state index >= 15 is 0 Å². The molecule has 0 aromatic heterocycles. The van der Waals surface area contributed by atoms with Gasteiger partial charge in [0.2, 0.25) is 0 Å². The molecule has 100 valence electrons. The average molecular weight is 269 g/mol. The molecule has 0 radical (unpaired) electrons. The van der Waals surface area contributed by atoms with Crippen LogP contribution in [0.3, 0.4) is 0 Å². The molecule has 1 aromatic rings. The zero-order valence-electron chi connectivity index (χ0n) is 10.5. The largest absolute Gasteiger partial charge is 0.390 e. The molecule has 0 amide bonds. The van der Waals surface area contributed by atoms with Crippen molar-refractivity contribution in [1.82, 2.24) is 5.32 Å². The number of aliphatic hydroxyl groups excluding tert-OH is 1. The molecule has 1 aliphatic heterocycles. The molecule has 0 bridgehead atoms. The van der Waals surface area contributed by atoms with Gasteiger partial charge in [0, 0.05) is 6.04 Å². The van der Waals surface area contributed by atoms with E-state index in [1.54, 1.807) is 24.3 Å². The minimum absolute atomic E-state index is 0.0924. The molecular weight excluding hydrogens is 250 g/mol. The van der Waals surface area contributed by atoms with Crippen LogP contribution in [0, 0.1) is 6.92 Å². The topological polar surface area (TPSA) is 66.4 Å². The lowest BCUT2D eigenvalue weighted by Gasteiger charge is -2.18. The Bertz CT molecular complexity index is 489. The predicted octanol–water partition coefficient (Wildman–Crippen LogP) is 0.882. The first-order valence-electron chi connectivity index (χ1n) is 6.20. The Morgan fingerprint density at radius 2 is 2.06 bits per heavy atom. The Balaban J connectivity index is 2.09. The third-order valence-electron chi connectivity index (χ3n) is 3.33. The minimum Gasteiger partial charge on any atom is -0.390 e. The highest BCUT2D eigenvalue weighted by molar-refractivity contribution is 7.91. The molecule has 1 aromatic carbocycles. The molecule has 5 heteroatoms. The second-order valence-electron chi connectivity index (χ2n) is 4.86. The van der Waals surface area contributed by atoms with Crippen LogP contribution in [0.4, 0.5) is 0 Å². The van der Waals surface area contributed by atoms with Gasteiger partial charge in [0.25, 0.3) is 0 Å². The average Bonchev–Trinajstić information content (AvgIpc) is 2.82. The molecule has 1 fully saturated rings. The van der Waals surface area contributed by atoms with E-state index in [0.29, 0.717) is 0 Å². The fraction of sp³-hybridized carbons (Fsp3) is 0.538. The zero-order chi connectivity index (χ0) is 13.2. The van der Waals surface area contributed by atoms with E-state index in [1.807, 2.05) is 6.92 Å². The highest BCUT2D eigenvalue weighted by Crippen LogP contribution is 2.16. The quantitative estimate of drug-likeness (QED) is 0.851. The second-order valence-corrected chi connectivity index (χ2v) is 6.90. The Morgan fingerprint density at radius 1 is 1.39 bits per heavy atom. The summed E-state index contributed by atoms with van der Waals surface area (Å²) in [5, 5.41) is 13.1. The van der Waals surface area contributed by atoms with Gasteiger partial charge in [0.05, 0.1) is 16.8 Å². The van der Waals surface area contributed by atoms with Crippen molar-refractivity contribution < 1.29 is 13.5 Å². The Labute approximate surface area is 108 Å². The summed E-state index contributed by atoms with van der Waals surface area (Å²) in [6.45, 7) is 2.76. The number of aryl methyl sites for hydroxylation is 1. The van der Waals surface area contributed by atoms with Crippen molar-refractivity contribution in [2.45, 2.75) is 36.8 Å². The van der Waals surface area contributed by atoms with Crippen molar-refractivity contribution in [3.8, 4) is 0 Å². The van der Waals surface area contributed by atoms with E-state index in [-0.39, 0.29) is 16.7 Å². The number of benzene rings is 1. The van der Waals surface area contributed by atoms with Gasteiger partial charge in [-0.2, -0.15) is 0 Å². The molecule has 2 atom stereocenters.